The van der Waals surface area contributed by atoms with Gasteiger partial charge in [0.2, 0.25) is 0 Å². The number of hydrogen-bond acceptors (Lipinski definition) is 2. The van der Waals surface area contributed by atoms with Gasteiger partial charge in [-0.1, -0.05) is 20.8 Å². The van der Waals surface area contributed by atoms with Crippen LogP contribution in [0.15, 0.2) is 0 Å². The van der Waals surface area contributed by atoms with Gasteiger partial charge in [-0.05, 0) is 18.8 Å². The summed E-state index contributed by atoms with van der Waals surface area (Å²) in [4.78, 5) is 2.55. The van der Waals surface area contributed by atoms with Gasteiger partial charge in [0.25, 0.3) is 0 Å². The third-order valence-electron chi connectivity index (χ3n) is 3.43. The third kappa shape index (κ3) is 2.96. The van der Waals surface area contributed by atoms with E-state index in [2.05, 4.69) is 32.6 Å². The van der Waals surface area contributed by atoms with Crippen LogP contribution < -0.4 is 0 Å². The summed E-state index contributed by atoms with van der Waals surface area (Å²) >= 11 is 0. The molecule has 2 atom stereocenters. The summed E-state index contributed by atoms with van der Waals surface area (Å²) in [5.74, 6) is 1.55. The SMILES string of the molecule is CC(C)C(C)C(C)N1CCOCC1. The van der Waals surface area contributed by atoms with E-state index in [0.717, 1.165) is 38.1 Å². The van der Waals surface area contributed by atoms with Gasteiger partial charge in [0.15, 0.2) is 0 Å². The minimum absolute atomic E-state index is 0.698. The minimum Gasteiger partial charge on any atom is -0.379 e. The summed E-state index contributed by atoms with van der Waals surface area (Å²) in [5, 5.41) is 0. The standard InChI is InChI=1S/C11H23NO/c1-9(2)10(3)11(4)12-5-7-13-8-6-12/h9-11H,5-8H2,1-4H3. The third-order valence-corrected chi connectivity index (χ3v) is 3.43. The molecule has 0 aliphatic carbocycles. The average Bonchev–Trinajstić information content (AvgIpc) is 2.17. The number of morpholine rings is 1. The van der Waals surface area contributed by atoms with Crippen molar-refractivity contribution < 1.29 is 4.74 Å². The second kappa shape index (κ2) is 4.97. The minimum atomic E-state index is 0.698. The van der Waals surface area contributed by atoms with Crippen molar-refractivity contribution in [1.29, 1.82) is 0 Å². The molecule has 0 aromatic carbocycles. The Kier molecular flexibility index (Phi) is 4.20. The van der Waals surface area contributed by atoms with Crippen LogP contribution in [0.1, 0.15) is 27.7 Å². The molecular weight excluding hydrogens is 162 g/mol. The molecule has 0 bridgehead atoms. The van der Waals surface area contributed by atoms with E-state index in [9.17, 15) is 0 Å². The second-order valence-corrected chi connectivity index (χ2v) is 4.49. The number of rotatable bonds is 3. The van der Waals surface area contributed by atoms with E-state index >= 15 is 0 Å². The van der Waals surface area contributed by atoms with Crippen molar-refractivity contribution in [2.45, 2.75) is 33.7 Å². The normalized spacial score (nSPS) is 24.7. The van der Waals surface area contributed by atoms with Crippen LogP contribution in [0.3, 0.4) is 0 Å². The van der Waals surface area contributed by atoms with Gasteiger partial charge in [-0.25, -0.2) is 0 Å². The fourth-order valence-corrected chi connectivity index (χ4v) is 1.87. The fraction of sp³-hybridized carbons (Fsp3) is 1.00. The molecule has 1 aliphatic rings. The zero-order valence-electron chi connectivity index (χ0n) is 9.42. The molecule has 1 rings (SSSR count). The number of ether oxygens (including phenoxy) is 1. The lowest BCUT2D eigenvalue weighted by Gasteiger charge is -2.37. The maximum absolute atomic E-state index is 5.35. The van der Waals surface area contributed by atoms with Crippen LogP contribution in [0.4, 0.5) is 0 Å². The van der Waals surface area contributed by atoms with E-state index in [1.807, 2.05) is 0 Å². The molecular formula is C11H23NO. The first-order chi connectivity index (χ1) is 6.13. The van der Waals surface area contributed by atoms with Crippen molar-refractivity contribution in [2.24, 2.45) is 11.8 Å². The van der Waals surface area contributed by atoms with Crippen LogP contribution in [0, 0.1) is 11.8 Å². The van der Waals surface area contributed by atoms with Crippen molar-refractivity contribution in [2.75, 3.05) is 26.3 Å². The molecule has 1 saturated heterocycles. The first kappa shape index (κ1) is 11.0. The van der Waals surface area contributed by atoms with E-state index in [1.54, 1.807) is 0 Å². The van der Waals surface area contributed by atoms with E-state index in [-0.39, 0.29) is 0 Å². The van der Waals surface area contributed by atoms with Gasteiger partial charge in [0.05, 0.1) is 13.2 Å². The Morgan fingerprint density at radius 1 is 1.00 bits per heavy atom. The Bertz CT molecular complexity index is 141. The summed E-state index contributed by atoms with van der Waals surface area (Å²) in [6, 6.07) is 0.698. The van der Waals surface area contributed by atoms with Crippen LogP contribution >= 0.6 is 0 Å². The summed E-state index contributed by atoms with van der Waals surface area (Å²) in [7, 11) is 0. The van der Waals surface area contributed by atoms with Crippen LogP contribution in [0.2, 0.25) is 0 Å². The molecule has 0 amide bonds. The van der Waals surface area contributed by atoms with E-state index in [0.29, 0.717) is 6.04 Å². The molecule has 13 heavy (non-hydrogen) atoms. The highest BCUT2D eigenvalue weighted by Gasteiger charge is 2.23. The van der Waals surface area contributed by atoms with Crippen molar-refractivity contribution in [3.63, 3.8) is 0 Å². The van der Waals surface area contributed by atoms with Crippen molar-refractivity contribution in [3.05, 3.63) is 0 Å². The van der Waals surface area contributed by atoms with Crippen molar-refractivity contribution >= 4 is 0 Å². The Morgan fingerprint density at radius 2 is 1.54 bits per heavy atom. The zero-order chi connectivity index (χ0) is 9.84. The Labute approximate surface area is 82.3 Å². The summed E-state index contributed by atoms with van der Waals surface area (Å²) in [6.45, 7) is 13.4. The lowest BCUT2D eigenvalue weighted by Crippen LogP contribution is -2.45. The molecule has 1 fully saturated rings. The van der Waals surface area contributed by atoms with E-state index in [1.165, 1.54) is 0 Å². The number of hydrogen-bond donors (Lipinski definition) is 0. The first-order valence-electron chi connectivity index (χ1n) is 5.44. The maximum atomic E-state index is 5.35. The molecule has 2 nitrogen and oxygen atoms in total. The lowest BCUT2D eigenvalue weighted by atomic mass is 9.90. The smallest absolute Gasteiger partial charge is 0.0594 e. The largest absolute Gasteiger partial charge is 0.379 e. The molecule has 0 saturated carbocycles. The quantitative estimate of drug-likeness (QED) is 0.667. The highest BCUT2D eigenvalue weighted by Crippen LogP contribution is 2.19. The molecule has 0 aromatic heterocycles. The lowest BCUT2D eigenvalue weighted by molar-refractivity contribution is 0.00415. The molecule has 0 N–H and O–H groups in total. The van der Waals surface area contributed by atoms with Gasteiger partial charge in [-0.3, -0.25) is 4.90 Å². The van der Waals surface area contributed by atoms with E-state index in [4.69, 9.17) is 4.74 Å². The second-order valence-electron chi connectivity index (χ2n) is 4.49. The Hall–Kier alpha value is -0.0800. The zero-order valence-corrected chi connectivity index (χ0v) is 9.42. The highest BCUT2D eigenvalue weighted by molar-refractivity contribution is 4.76. The molecule has 2 unspecified atom stereocenters. The van der Waals surface area contributed by atoms with Crippen molar-refractivity contribution in [1.82, 2.24) is 4.90 Å². The molecule has 78 valence electrons. The topological polar surface area (TPSA) is 12.5 Å². The molecule has 2 heteroatoms. The fourth-order valence-electron chi connectivity index (χ4n) is 1.87. The monoisotopic (exact) mass is 185 g/mol. The van der Waals surface area contributed by atoms with Crippen LogP contribution in [-0.4, -0.2) is 37.2 Å². The molecule has 1 aliphatic heterocycles. The van der Waals surface area contributed by atoms with Gasteiger partial charge in [-0.2, -0.15) is 0 Å². The summed E-state index contributed by atoms with van der Waals surface area (Å²) < 4.78 is 5.35. The van der Waals surface area contributed by atoms with Crippen molar-refractivity contribution in [3.8, 4) is 0 Å². The maximum Gasteiger partial charge on any atom is 0.0594 e. The van der Waals surface area contributed by atoms with Gasteiger partial charge >= 0.3 is 0 Å². The van der Waals surface area contributed by atoms with Gasteiger partial charge in [-0.15, -0.1) is 0 Å². The predicted molar refractivity (Wildman–Crippen MR) is 55.9 cm³/mol. The average molecular weight is 185 g/mol. The molecule has 0 spiro atoms. The van der Waals surface area contributed by atoms with Crippen LogP contribution in [0.25, 0.3) is 0 Å². The molecule has 1 heterocycles. The van der Waals surface area contributed by atoms with Crippen LogP contribution in [0.5, 0.6) is 0 Å². The van der Waals surface area contributed by atoms with Gasteiger partial charge in [0, 0.05) is 19.1 Å². The van der Waals surface area contributed by atoms with Gasteiger partial charge < -0.3 is 4.74 Å². The van der Waals surface area contributed by atoms with E-state index < -0.39 is 0 Å². The predicted octanol–water partition coefficient (Wildman–Crippen LogP) is 2.00. The highest BCUT2D eigenvalue weighted by atomic mass is 16.5. The Balaban J connectivity index is 2.40. The first-order valence-corrected chi connectivity index (χ1v) is 5.44. The molecule has 0 aromatic rings. The Morgan fingerprint density at radius 3 is 2.00 bits per heavy atom. The van der Waals surface area contributed by atoms with Crippen LogP contribution in [-0.2, 0) is 4.74 Å². The molecule has 0 radical (unpaired) electrons. The van der Waals surface area contributed by atoms with Gasteiger partial charge in [0.1, 0.15) is 0 Å². The summed E-state index contributed by atoms with van der Waals surface area (Å²) in [6.07, 6.45) is 0. The number of nitrogens with zero attached hydrogens (tertiary/aromatic N) is 1. The summed E-state index contributed by atoms with van der Waals surface area (Å²) in [5.41, 5.74) is 0.